The summed E-state index contributed by atoms with van der Waals surface area (Å²) in [6.45, 7) is 0. The van der Waals surface area contributed by atoms with Crippen LogP contribution < -0.4 is 4.90 Å². The van der Waals surface area contributed by atoms with Crippen LogP contribution in [-0.2, 0) is 0 Å². The molecular formula is C52H33NOS. The number of anilines is 3. The first-order chi connectivity index (χ1) is 27.3. The zero-order chi connectivity index (χ0) is 36.3. The minimum Gasteiger partial charge on any atom is -0.453 e. The molecule has 0 aliphatic carbocycles. The number of hydrogen-bond donors (Lipinski definition) is 0. The van der Waals surface area contributed by atoms with Crippen molar-refractivity contribution in [1.29, 1.82) is 0 Å². The third-order valence-electron chi connectivity index (χ3n) is 10.9. The van der Waals surface area contributed by atoms with Gasteiger partial charge in [0.25, 0.3) is 0 Å². The smallest absolute Gasteiger partial charge is 0.159 e. The summed E-state index contributed by atoms with van der Waals surface area (Å²) in [6.07, 6.45) is 0. The van der Waals surface area contributed by atoms with Gasteiger partial charge in [-0.25, -0.2) is 0 Å². The summed E-state index contributed by atoms with van der Waals surface area (Å²) >= 11 is 1.84. The molecule has 55 heavy (non-hydrogen) atoms. The van der Waals surface area contributed by atoms with E-state index in [1.54, 1.807) is 0 Å². The molecule has 2 aromatic heterocycles. The van der Waals surface area contributed by atoms with Gasteiger partial charge in [0.05, 0.1) is 5.69 Å². The average molecular weight is 720 g/mol. The number of rotatable bonds is 6. The summed E-state index contributed by atoms with van der Waals surface area (Å²) < 4.78 is 9.67. The van der Waals surface area contributed by atoms with Crippen LogP contribution in [0.2, 0.25) is 0 Å². The van der Waals surface area contributed by atoms with Crippen LogP contribution in [0.1, 0.15) is 0 Å². The van der Waals surface area contributed by atoms with Crippen LogP contribution in [-0.4, -0.2) is 0 Å². The quantitative estimate of drug-likeness (QED) is 0.170. The number of thiophene rings is 1. The Labute approximate surface area is 322 Å². The largest absolute Gasteiger partial charge is 0.453 e. The molecule has 0 bridgehead atoms. The highest BCUT2D eigenvalue weighted by molar-refractivity contribution is 7.25. The number of hydrogen-bond acceptors (Lipinski definition) is 3. The highest BCUT2D eigenvalue weighted by Crippen LogP contribution is 2.48. The van der Waals surface area contributed by atoms with E-state index < -0.39 is 0 Å². The van der Waals surface area contributed by atoms with Crippen molar-refractivity contribution in [2.75, 3.05) is 4.90 Å². The maximum absolute atomic E-state index is 7.12. The Morgan fingerprint density at radius 3 is 1.80 bits per heavy atom. The normalized spacial score (nSPS) is 11.6. The molecule has 11 aromatic rings. The molecule has 0 saturated heterocycles. The van der Waals surface area contributed by atoms with Crippen molar-refractivity contribution in [1.82, 2.24) is 0 Å². The Morgan fingerprint density at radius 2 is 0.964 bits per heavy atom. The van der Waals surface area contributed by atoms with Gasteiger partial charge in [0, 0.05) is 47.9 Å². The molecule has 0 aliphatic heterocycles. The lowest BCUT2D eigenvalue weighted by Crippen LogP contribution is -2.10. The zero-order valence-corrected chi connectivity index (χ0v) is 30.6. The van der Waals surface area contributed by atoms with Crippen molar-refractivity contribution in [3.63, 3.8) is 0 Å². The standard InChI is InChI=1S/C52H33NOS/c1-3-13-34(14-4-1)38-31-47-46-23-12-22-43(36-15-5-2-6-16-36)51(46)54-52(47)48(32-38)53(40-29-30-45-44-20-9-10-24-49(44)55-50(45)33-40)39-27-25-37(26-28-39)42-21-11-18-35-17-7-8-19-41(35)42/h1-33H. The van der Waals surface area contributed by atoms with E-state index >= 15 is 0 Å². The topological polar surface area (TPSA) is 16.4 Å². The maximum atomic E-state index is 7.12. The summed E-state index contributed by atoms with van der Waals surface area (Å²) in [5.41, 5.74) is 11.8. The van der Waals surface area contributed by atoms with Crippen molar-refractivity contribution in [3.05, 3.63) is 200 Å². The summed E-state index contributed by atoms with van der Waals surface area (Å²) in [7, 11) is 0. The van der Waals surface area contributed by atoms with E-state index in [2.05, 4.69) is 205 Å². The second-order valence-electron chi connectivity index (χ2n) is 14.1. The van der Waals surface area contributed by atoms with Gasteiger partial charge in [0.1, 0.15) is 5.58 Å². The average Bonchev–Trinajstić information content (AvgIpc) is 3.83. The molecule has 11 rings (SSSR count). The molecule has 2 nitrogen and oxygen atoms in total. The van der Waals surface area contributed by atoms with Gasteiger partial charge in [0.15, 0.2) is 5.58 Å². The van der Waals surface area contributed by atoms with Gasteiger partial charge in [0.2, 0.25) is 0 Å². The van der Waals surface area contributed by atoms with Gasteiger partial charge in [-0.15, -0.1) is 11.3 Å². The Balaban J connectivity index is 1.18. The van der Waals surface area contributed by atoms with Gasteiger partial charge >= 0.3 is 0 Å². The number of fused-ring (bicyclic) bond motifs is 7. The van der Waals surface area contributed by atoms with Crippen molar-refractivity contribution < 1.29 is 4.42 Å². The third-order valence-corrected chi connectivity index (χ3v) is 12.0. The summed E-state index contributed by atoms with van der Waals surface area (Å²) in [5, 5.41) is 7.24. The van der Waals surface area contributed by atoms with Gasteiger partial charge in [-0.1, -0.05) is 158 Å². The fourth-order valence-corrected chi connectivity index (χ4v) is 9.38. The Bertz CT molecular complexity index is 3190. The SMILES string of the molecule is c1ccc(-c2cc(N(c3ccc(-c4cccc5ccccc45)cc3)c3ccc4c(c3)sc3ccccc34)c3oc4c(-c5ccccc5)cccc4c3c2)cc1. The summed E-state index contributed by atoms with van der Waals surface area (Å²) in [5.74, 6) is 0. The van der Waals surface area contributed by atoms with Crippen molar-refractivity contribution in [2.24, 2.45) is 0 Å². The lowest BCUT2D eigenvalue weighted by molar-refractivity contribution is 0.670. The molecule has 258 valence electrons. The number of para-hydroxylation sites is 1. The molecular weight excluding hydrogens is 687 g/mol. The fraction of sp³-hybridized carbons (Fsp3) is 0. The molecule has 3 heteroatoms. The van der Waals surface area contributed by atoms with Crippen molar-refractivity contribution in [2.45, 2.75) is 0 Å². The molecule has 0 radical (unpaired) electrons. The molecule has 0 atom stereocenters. The highest BCUT2D eigenvalue weighted by Gasteiger charge is 2.23. The molecule has 0 N–H and O–H groups in total. The summed E-state index contributed by atoms with van der Waals surface area (Å²) in [6, 6.07) is 72.1. The molecule has 9 aromatic carbocycles. The zero-order valence-electron chi connectivity index (χ0n) is 29.8. The molecule has 0 unspecified atom stereocenters. The Kier molecular flexibility index (Phi) is 7.39. The minimum atomic E-state index is 0.854. The molecule has 0 spiro atoms. The van der Waals surface area contributed by atoms with Crippen LogP contribution in [0.5, 0.6) is 0 Å². The van der Waals surface area contributed by atoms with E-state index in [-0.39, 0.29) is 0 Å². The summed E-state index contributed by atoms with van der Waals surface area (Å²) in [4.78, 5) is 2.38. The van der Waals surface area contributed by atoms with E-state index in [0.29, 0.717) is 0 Å². The van der Waals surface area contributed by atoms with Crippen LogP contribution in [0, 0.1) is 0 Å². The first-order valence-corrected chi connectivity index (χ1v) is 19.5. The van der Waals surface area contributed by atoms with Crippen LogP contribution in [0.3, 0.4) is 0 Å². The molecule has 0 fully saturated rings. The predicted molar refractivity (Wildman–Crippen MR) is 235 cm³/mol. The van der Waals surface area contributed by atoms with Gasteiger partial charge in [-0.2, -0.15) is 0 Å². The van der Waals surface area contributed by atoms with Gasteiger partial charge < -0.3 is 9.32 Å². The van der Waals surface area contributed by atoms with E-state index in [0.717, 1.165) is 61.3 Å². The second kappa shape index (κ2) is 12.9. The van der Waals surface area contributed by atoms with Gasteiger partial charge in [-0.3, -0.25) is 0 Å². The predicted octanol–water partition coefficient (Wildman–Crippen LogP) is 15.6. The van der Waals surface area contributed by atoms with Crippen LogP contribution in [0.25, 0.3) is 86.3 Å². The molecule has 0 aliphatic rings. The van der Waals surface area contributed by atoms with Crippen LogP contribution in [0.15, 0.2) is 205 Å². The van der Waals surface area contributed by atoms with Crippen LogP contribution >= 0.6 is 11.3 Å². The minimum absolute atomic E-state index is 0.854. The number of furan rings is 1. The van der Waals surface area contributed by atoms with Crippen molar-refractivity contribution in [3.8, 4) is 33.4 Å². The molecule has 0 saturated carbocycles. The highest BCUT2D eigenvalue weighted by atomic mass is 32.1. The van der Waals surface area contributed by atoms with E-state index in [1.165, 1.54) is 42.1 Å². The number of nitrogens with zero attached hydrogens (tertiary/aromatic N) is 1. The molecule has 0 amide bonds. The number of benzene rings is 9. The first-order valence-electron chi connectivity index (χ1n) is 18.7. The lowest BCUT2D eigenvalue weighted by Gasteiger charge is -2.26. The Hall–Kier alpha value is -6.94. The van der Waals surface area contributed by atoms with Crippen molar-refractivity contribution >= 4 is 81.3 Å². The van der Waals surface area contributed by atoms with Gasteiger partial charge in [-0.05, 0) is 81.1 Å². The monoisotopic (exact) mass is 719 g/mol. The van der Waals surface area contributed by atoms with E-state index in [1.807, 2.05) is 11.3 Å². The second-order valence-corrected chi connectivity index (χ2v) is 15.2. The van der Waals surface area contributed by atoms with E-state index in [9.17, 15) is 0 Å². The third kappa shape index (κ3) is 5.32. The Morgan fingerprint density at radius 1 is 0.345 bits per heavy atom. The van der Waals surface area contributed by atoms with Crippen LogP contribution in [0.4, 0.5) is 17.1 Å². The first kappa shape index (κ1) is 31.6. The lowest BCUT2D eigenvalue weighted by atomic mass is 9.97. The fourth-order valence-electron chi connectivity index (χ4n) is 8.24. The molecule has 2 heterocycles. The maximum Gasteiger partial charge on any atom is 0.159 e. The van der Waals surface area contributed by atoms with E-state index in [4.69, 9.17) is 4.42 Å².